The standard InChI is InChI=1S/C26H32N4O3S2/c31-25(27-12-15-30-13-10-20(11-14-30)16-19-4-2-1-3-5-19)21-6-8-22(9-7-21)28-26-29-23-17-35(32,33)18-24(23)34-26/h1-9,20,23-24H,10-18H2,(H,27,31)(H,28,29)/t23-,24+/m0/s1. The topological polar surface area (TPSA) is 90.9 Å². The molecule has 9 heteroatoms. The van der Waals surface area contributed by atoms with Gasteiger partial charge in [-0.15, -0.1) is 0 Å². The van der Waals surface area contributed by atoms with Crippen LogP contribution in [-0.2, 0) is 16.3 Å². The molecule has 2 fully saturated rings. The number of carbonyl (C=O) groups is 1. The van der Waals surface area contributed by atoms with Crippen molar-refractivity contribution in [2.24, 2.45) is 10.9 Å². The van der Waals surface area contributed by atoms with E-state index in [1.165, 1.54) is 30.2 Å². The molecule has 3 heterocycles. The van der Waals surface area contributed by atoms with Gasteiger partial charge < -0.3 is 15.5 Å². The molecule has 35 heavy (non-hydrogen) atoms. The van der Waals surface area contributed by atoms with Gasteiger partial charge >= 0.3 is 0 Å². The van der Waals surface area contributed by atoms with Gasteiger partial charge in [-0.2, -0.15) is 0 Å². The van der Waals surface area contributed by atoms with Crippen molar-refractivity contribution in [3.05, 3.63) is 65.7 Å². The highest BCUT2D eigenvalue weighted by Gasteiger charge is 2.42. The molecule has 0 aliphatic carbocycles. The van der Waals surface area contributed by atoms with E-state index in [-0.39, 0.29) is 28.7 Å². The summed E-state index contributed by atoms with van der Waals surface area (Å²) in [6, 6.07) is 17.9. The Morgan fingerprint density at radius 2 is 1.77 bits per heavy atom. The predicted molar refractivity (Wildman–Crippen MR) is 143 cm³/mol. The van der Waals surface area contributed by atoms with E-state index in [0.29, 0.717) is 12.1 Å². The predicted octanol–water partition coefficient (Wildman–Crippen LogP) is 3.05. The van der Waals surface area contributed by atoms with Crippen LogP contribution < -0.4 is 10.6 Å². The Morgan fingerprint density at radius 1 is 1.03 bits per heavy atom. The van der Waals surface area contributed by atoms with Gasteiger partial charge in [0.2, 0.25) is 0 Å². The maximum absolute atomic E-state index is 12.6. The second kappa shape index (κ2) is 10.7. The molecule has 0 unspecified atom stereocenters. The quantitative estimate of drug-likeness (QED) is 0.593. The van der Waals surface area contributed by atoms with E-state index in [0.717, 1.165) is 42.8 Å². The lowest BCUT2D eigenvalue weighted by atomic mass is 9.90. The summed E-state index contributed by atoms with van der Waals surface area (Å²) in [5, 5.41) is 7.05. The molecule has 3 aliphatic heterocycles. The summed E-state index contributed by atoms with van der Waals surface area (Å²) in [6.07, 6.45) is 3.57. The largest absolute Gasteiger partial charge is 0.351 e. The number of hydrogen-bond acceptors (Lipinski definition) is 7. The Kier molecular flexibility index (Phi) is 7.45. The summed E-state index contributed by atoms with van der Waals surface area (Å²) < 4.78 is 23.4. The van der Waals surface area contributed by atoms with Crippen molar-refractivity contribution in [3.8, 4) is 0 Å². The number of anilines is 1. The summed E-state index contributed by atoms with van der Waals surface area (Å²) in [7, 11) is -2.95. The number of thioether (sulfide) groups is 1. The van der Waals surface area contributed by atoms with E-state index in [9.17, 15) is 13.2 Å². The number of nitrogens with zero attached hydrogens (tertiary/aromatic N) is 2. The number of fused-ring (bicyclic) bond motifs is 1. The highest BCUT2D eigenvalue weighted by Crippen LogP contribution is 2.34. The highest BCUT2D eigenvalue weighted by atomic mass is 32.2. The molecule has 2 N–H and O–H groups in total. The zero-order valence-corrected chi connectivity index (χ0v) is 21.4. The van der Waals surface area contributed by atoms with Gasteiger partial charge in [-0.1, -0.05) is 42.1 Å². The molecular weight excluding hydrogens is 480 g/mol. The van der Waals surface area contributed by atoms with Crippen molar-refractivity contribution in [1.82, 2.24) is 10.2 Å². The number of amides is 1. The molecule has 0 bridgehead atoms. The summed E-state index contributed by atoms with van der Waals surface area (Å²) in [4.78, 5) is 19.5. The van der Waals surface area contributed by atoms with E-state index in [1.807, 2.05) is 12.1 Å². The van der Waals surface area contributed by atoms with Crippen LogP contribution in [-0.4, -0.2) is 73.4 Å². The minimum absolute atomic E-state index is 0.0159. The maximum atomic E-state index is 12.6. The molecule has 186 valence electrons. The fourth-order valence-corrected chi connectivity index (χ4v) is 8.71. The SMILES string of the molecule is O=C(NCCN1CCC(Cc2ccccc2)CC1)c1ccc(NC2=N[C@H]3CS(=O)(=O)C[C@H]3S2)cc1. The minimum atomic E-state index is -2.95. The van der Waals surface area contributed by atoms with E-state index in [4.69, 9.17) is 0 Å². The first kappa shape index (κ1) is 24.3. The average molecular weight is 513 g/mol. The third kappa shape index (κ3) is 6.45. The number of aliphatic imine (C=N–C) groups is 1. The van der Waals surface area contributed by atoms with Crippen molar-refractivity contribution in [2.45, 2.75) is 30.6 Å². The van der Waals surface area contributed by atoms with Crippen molar-refractivity contribution in [2.75, 3.05) is 43.0 Å². The van der Waals surface area contributed by atoms with Gasteiger partial charge in [0.25, 0.3) is 5.91 Å². The van der Waals surface area contributed by atoms with Crippen molar-refractivity contribution >= 4 is 38.4 Å². The van der Waals surface area contributed by atoms with Gasteiger partial charge in [0, 0.05) is 29.6 Å². The van der Waals surface area contributed by atoms with Crippen LogP contribution in [0.15, 0.2) is 59.6 Å². The first-order valence-corrected chi connectivity index (χ1v) is 15.0. The molecule has 2 aromatic carbocycles. The monoisotopic (exact) mass is 512 g/mol. The lowest BCUT2D eigenvalue weighted by Crippen LogP contribution is -2.39. The number of piperidine rings is 1. The van der Waals surface area contributed by atoms with Gasteiger partial charge in [-0.25, -0.2) is 8.42 Å². The number of likely N-dealkylation sites (tertiary alicyclic amines) is 1. The maximum Gasteiger partial charge on any atom is 0.251 e. The number of amidine groups is 1. The number of benzene rings is 2. The van der Waals surface area contributed by atoms with Gasteiger partial charge in [0.05, 0.1) is 17.5 Å². The molecule has 1 amide bonds. The molecule has 0 aromatic heterocycles. The lowest BCUT2D eigenvalue weighted by Gasteiger charge is -2.32. The van der Waals surface area contributed by atoms with Crippen molar-refractivity contribution in [3.63, 3.8) is 0 Å². The smallest absolute Gasteiger partial charge is 0.251 e. The first-order valence-electron chi connectivity index (χ1n) is 12.3. The zero-order valence-electron chi connectivity index (χ0n) is 19.7. The van der Waals surface area contributed by atoms with E-state index in [2.05, 4.69) is 50.9 Å². The Balaban J connectivity index is 1.02. The normalized spacial score (nSPS) is 24.1. The number of sulfone groups is 1. The fraction of sp³-hybridized carbons (Fsp3) is 0.462. The second-order valence-electron chi connectivity index (χ2n) is 9.67. The molecule has 0 saturated carbocycles. The first-order chi connectivity index (χ1) is 16.9. The van der Waals surface area contributed by atoms with Crippen LogP contribution in [0, 0.1) is 5.92 Å². The van der Waals surface area contributed by atoms with Gasteiger partial charge in [-0.3, -0.25) is 9.79 Å². The van der Waals surface area contributed by atoms with Gasteiger partial charge in [0.15, 0.2) is 15.0 Å². The zero-order chi connectivity index (χ0) is 24.3. The number of nitrogens with one attached hydrogen (secondary N) is 2. The molecule has 2 aromatic rings. The van der Waals surface area contributed by atoms with Crippen LogP contribution >= 0.6 is 11.8 Å². The second-order valence-corrected chi connectivity index (χ2v) is 13.0. The molecular formula is C26H32N4O3S2. The average Bonchev–Trinajstić information content (AvgIpc) is 3.33. The summed E-state index contributed by atoms with van der Waals surface area (Å²) in [6.45, 7) is 3.69. The van der Waals surface area contributed by atoms with Crippen molar-refractivity contribution in [1.29, 1.82) is 0 Å². The van der Waals surface area contributed by atoms with Crippen LogP contribution in [0.1, 0.15) is 28.8 Å². The number of hydrogen-bond donors (Lipinski definition) is 2. The third-order valence-corrected chi connectivity index (χ3v) is 10.1. The minimum Gasteiger partial charge on any atom is -0.351 e. The Bertz CT molecular complexity index is 1160. The van der Waals surface area contributed by atoms with E-state index < -0.39 is 9.84 Å². The van der Waals surface area contributed by atoms with E-state index in [1.54, 1.807) is 12.1 Å². The molecule has 5 rings (SSSR count). The van der Waals surface area contributed by atoms with Crippen LogP contribution in [0.3, 0.4) is 0 Å². The van der Waals surface area contributed by atoms with Crippen LogP contribution in [0.25, 0.3) is 0 Å². The number of carbonyl (C=O) groups excluding carboxylic acids is 1. The molecule has 3 aliphatic rings. The van der Waals surface area contributed by atoms with Crippen LogP contribution in [0.5, 0.6) is 0 Å². The summed E-state index contributed by atoms with van der Waals surface area (Å²) in [5.74, 6) is 1.02. The Labute approximate surface area is 211 Å². The van der Waals surface area contributed by atoms with Crippen LogP contribution in [0.2, 0.25) is 0 Å². The molecule has 0 radical (unpaired) electrons. The lowest BCUT2D eigenvalue weighted by molar-refractivity contribution is 0.0944. The molecule has 7 nitrogen and oxygen atoms in total. The van der Waals surface area contributed by atoms with Gasteiger partial charge in [0.1, 0.15) is 0 Å². The molecule has 0 spiro atoms. The Hall–Kier alpha value is -2.36. The van der Waals surface area contributed by atoms with Crippen molar-refractivity contribution < 1.29 is 13.2 Å². The van der Waals surface area contributed by atoms with Gasteiger partial charge in [-0.05, 0) is 68.1 Å². The van der Waals surface area contributed by atoms with Crippen LogP contribution in [0.4, 0.5) is 5.69 Å². The highest BCUT2D eigenvalue weighted by molar-refractivity contribution is 8.15. The Morgan fingerprint density at radius 3 is 2.49 bits per heavy atom. The van der Waals surface area contributed by atoms with E-state index >= 15 is 0 Å². The third-order valence-electron chi connectivity index (χ3n) is 7.00. The summed E-state index contributed by atoms with van der Waals surface area (Å²) >= 11 is 1.49. The summed E-state index contributed by atoms with van der Waals surface area (Å²) in [5.41, 5.74) is 2.89. The number of rotatable bonds is 7. The fourth-order valence-electron chi connectivity index (χ4n) is 5.04. The molecule has 2 saturated heterocycles. The molecule has 2 atom stereocenters.